The minimum Gasteiger partial charge on any atom is -0.280 e. The third kappa shape index (κ3) is 4.07. The predicted molar refractivity (Wildman–Crippen MR) is 88.9 cm³/mol. The molecule has 0 fully saturated rings. The molecular formula is C14H13Br2NO2S. The van der Waals surface area contributed by atoms with Gasteiger partial charge in [0.2, 0.25) is 0 Å². The smallest absolute Gasteiger partial charge is 0.261 e. The van der Waals surface area contributed by atoms with Gasteiger partial charge in [0, 0.05) is 15.5 Å². The normalized spacial score (nSPS) is 11.3. The molecule has 0 aromatic heterocycles. The first-order chi connectivity index (χ1) is 9.51. The molecule has 0 saturated heterocycles. The second kappa shape index (κ2) is 6.74. The summed E-state index contributed by atoms with van der Waals surface area (Å²) in [7, 11) is -3.55. The number of nitrogens with one attached hydrogen (secondary N) is 1. The third-order valence-electron chi connectivity index (χ3n) is 2.70. The number of hydrogen-bond acceptors (Lipinski definition) is 2. The second-order valence-electron chi connectivity index (χ2n) is 4.20. The van der Waals surface area contributed by atoms with E-state index < -0.39 is 10.0 Å². The number of benzene rings is 2. The molecule has 0 bridgehead atoms. The molecule has 0 saturated carbocycles. The van der Waals surface area contributed by atoms with Crippen molar-refractivity contribution in [2.45, 2.75) is 11.3 Å². The van der Waals surface area contributed by atoms with Crippen LogP contribution in [0.4, 0.5) is 5.69 Å². The monoisotopic (exact) mass is 417 g/mol. The molecule has 0 aliphatic carbocycles. The minimum atomic E-state index is -3.55. The van der Waals surface area contributed by atoms with Gasteiger partial charge in [0.05, 0.1) is 4.90 Å². The van der Waals surface area contributed by atoms with Crippen molar-refractivity contribution in [2.24, 2.45) is 0 Å². The molecule has 0 spiro atoms. The van der Waals surface area contributed by atoms with Crippen LogP contribution in [-0.2, 0) is 16.4 Å². The maximum absolute atomic E-state index is 12.2. The highest BCUT2D eigenvalue weighted by Gasteiger charge is 2.14. The lowest BCUT2D eigenvalue weighted by Gasteiger charge is -2.09. The van der Waals surface area contributed by atoms with E-state index in [4.69, 9.17) is 0 Å². The predicted octanol–water partition coefficient (Wildman–Crippen LogP) is 4.19. The molecule has 0 aliphatic rings. The Hall–Kier alpha value is -0.850. The Labute approximate surface area is 135 Å². The van der Waals surface area contributed by atoms with Crippen LogP contribution in [-0.4, -0.2) is 13.7 Å². The standard InChI is InChI=1S/C14H13Br2NO2S/c15-9-8-11-4-6-13(7-5-11)17-20(18,19)14-3-1-2-12(16)10-14/h1-7,10,17H,8-9H2. The van der Waals surface area contributed by atoms with E-state index in [9.17, 15) is 8.42 Å². The summed E-state index contributed by atoms with van der Waals surface area (Å²) in [5, 5.41) is 0.885. The zero-order chi connectivity index (χ0) is 14.6. The molecule has 0 unspecified atom stereocenters. The van der Waals surface area contributed by atoms with E-state index in [2.05, 4.69) is 36.6 Å². The molecule has 2 aromatic carbocycles. The van der Waals surface area contributed by atoms with Gasteiger partial charge in [-0.2, -0.15) is 0 Å². The fourth-order valence-electron chi connectivity index (χ4n) is 1.70. The minimum absolute atomic E-state index is 0.233. The summed E-state index contributed by atoms with van der Waals surface area (Å²) in [5.41, 5.74) is 1.72. The molecule has 1 N–H and O–H groups in total. The van der Waals surface area contributed by atoms with E-state index in [0.29, 0.717) is 5.69 Å². The van der Waals surface area contributed by atoms with E-state index in [1.165, 1.54) is 0 Å². The number of alkyl halides is 1. The van der Waals surface area contributed by atoms with Gasteiger partial charge < -0.3 is 0 Å². The van der Waals surface area contributed by atoms with E-state index in [-0.39, 0.29) is 4.90 Å². The van der Waals surface area contributed by atoms with Crippen LogP contribution in [0.15, 0.2) is 57.9 Å². The molecule has 3 nitrogen and oxygen atoms in total. The lowest BCUT2D eigenvalue weighted by Crippen LogP contribution is -2.12. The molecule has 0 atom stereocenters. The average molecular weight is 419 g/mol. The van der Waals surface area contributed by atoms with Gasteiger partial charge in [-0.15, -0.1) is 0 Å². The molecule has 6 heteroatoms. The van der Waals surface area contributed by atoms with E-state index in [1.807, 2.05) is 12.1 Å². The fourth-order valence-corrected chi connectivity index (χ4v) is 3.81. The zero-order valence-electron chi connectivity index (χ0n) is 10.5. The number of aryl methyl sites for hydroxylation is 1. The quantitative estimate of drug-likeness (QED) is 0.740. The van der Waals surface area contributed by atoms with Crippen molar-refractivity contribution in [1.82, 2.24) is 0 Å². The summed E-state index contributed by atoms with van der Waals surface area (Å²) in [4.78, 5) is 0.233. The fraction of sp³-hybridized carbons (Fsp3) is 0.143. The highest BCUT2D eigenvalue weighted by Crippen LogP contribution is 2.20. The molecule has 2 aromatic rings. The maximum Gasteiger partial charge on any atom is 0.261 e. The van der Waals surface area contributed by atoms with E-state index in [1.54, 1.807) is 36.4 Å². The molecule has 0 radical (unpaired) electrons. The van der Waals surface area contributed by atoms with Gasteiger partial charge in [-0.3, -0.25) is 4.72 Å². The Balaban J connectivity index is 2.20. The van der Waals surface area contributed by atoms with Crippen LogP contribution in [0, 0.1) is 0 Å². The number of halogens is 2. The first kappa shape index (κ1) is 15.5. The summed E-state index contributed by atoms with van der Waals surface area (Å²) < 4.78 is 27.8. The zero-order valence-corrected chi connectivity index (χ0v) is 14.5. The van der Waals surface area contributed by atoms with Crippen molar-refractivity contribution in [3.05, 3.63) is 58.6 Å². The van der Waals surface area contributed by atoms with Gasteiger partial charge in [0.15, 0.2) is 0 Å². The Bertz CT molecular complexity index is 685. The molecule has 0 heterocycles. The topological polar surface area (TPSA) is 46.2 Å². The number of sulfonamides is 1. The summed E-state index contributed by atoms with van der Waals surface area (Å²) >= 11 is 6.64. The molecule has 2 rings (SSSR count). The van der Waals surface area contributed by atoms with Crippen molar-refractivity contribution in [3.8, 4) is 0 Å². The lowest BCUT2D eigenvalue weighted by atomic mass is 10.2. The molecule has 0 amide bonds. The van der Waals surface area contributed by atoms with Gasteiger partial charge in [-0.05, 0) is 42.3 Å². The first-order valence-electron chi connectivity index (χ1n) is 5.94. The summed E-state index contributed by atoms with van der Waals surface area (Å²) in [6.07, 6.45) is 0.915. The Morgan fingerprint density at radius 1 is 1.05 bits per heavy atom. The Morgan fingerprint density at radius 2 is 1.75 bits per heavy atom. The third-order valence-corrected chi connectivity index (χ3v) is 4.96. The average Bonchev–Trinajstić information content (AvgIpc) is 2.41. The van der Waals surface area contributed by atoms with Crippen molar-refractivity contribution < 1.29 is 8.42 Å². The SMILES string of the molecule is O=S(=O)(Nc1ccc(CCBr)cc1)c1cccc(Br)c1. The van der Waals surface area contributed by atoms with Crippen LogP contribution in [0.1, 0.15) is 5.56 Å². The molecule has 0 aliphatic heterocycles. The summed E-state index contributed by atoms with van der Waals surface area (Å²) in [6.45, 7) is 0. The van der Waals surface area contributed by atoms with Gasteiger partial charge in [-0.25, -0.2) is 8.42 Å². The first-order valence-corrected chi connectivity index (χ1v) is 9.34. The second-order valence-corrected chi connectivity index (χ2v) is 7.59. The van der Waals surface area contributed by atoms with Crippen LogP contribution < -0.4 is 4.72 Å². The van der Waals surface area contributed by atoms with Crippen LogP contribution >= 0.6 is 31.9 Å². The summed E-state index contributed by atoms with van der Waals surface area (Å²) in [5.74, 6) is 0. The van der Waals surface area contributed by atoms with Crippen LogP contribution in [0.5, 0.6) is 0 Å². The highest BCUT2D eigenvalue weighted by molar-refractivity contribution is 9.10. The summed E-state index contributed by atoms with van der Waals surface area (Å²) in [6, 6.07) is 14.0. The van der Waals surface area contributed by atoms with Gasteiger partial charge >= 0.3 is 0 Å². The van der Waals surface area contributed by atoms with Crippen molar-refractivity contribution in [2.75, 3.05) is 10.1 Å². The number of anilines is 1. The highest BCUT2D eigenvalue weighted by atomic mass is 79.9. The Morgan fingerprint density at radius 3 is 2.35 bits per heavy atom. The van der Waals surface area contributed by atoms with Crippen molar-refractivity contribution in [1.29, 1.82) is 0 Å². The van der Waals surface area contributed by atoms with E-state index in [0.717, 1.165) is 21.8 Å². The molecular weight excluding hydrogens is 406 g/mol. The van der Waals surface area contributed by atoms with Crippen LogP contribution in [0.3, 0.4) is 0 Å². The van der Waals surface area contributed by atoms with E-state index >= 15 is 0 Å². The molecule has 20 heavy (non-hydrogen) atoms. The van der Waals surface area contributed by atoms with Gasteiger partial charge in [0.1, 0.15) is 0 Å². The maximum atomic E-state index is 12.2. The van der Waals surface area contributed by atoms with Crippen molar-refractivity contribution in [3.63, 3.8) is 0 Å². The van der Waals surface area contributed by atoms with Crippen molar-refractivity contribution >= 4 is 47.6 Å². The van der Waals surface area contributed by atoms with Gasteiger partial charge in [0.25, 0.3) is 10.0 Å². The Kier molecular flexibility index (Phi) is 5.23. The van der Waals surface area contributed by atoms with Gasteiger partial charge in [-0.1, -0.05) is 50.1 Å². The largest absolute Gasteiger partial charge is 0.280 e. The molecule has 106 valence electrons. The lowest BCUT2D eigenvalue weighted by molar-refractivity contribution is 0.601. The number of hydrogen-bond donors (Lipinski definition) is 1. The number of rotatable bonds is 5. The van der Waals surface area contributed by atoms with Crippen LogP contribution in [0.25, 0.3) is 0 Å². The van der Waals surface area contributed by atoms with Crippen LogP contribution in [0.2, 0.25) is 0 Å².